The van der Waals surface area contributed by atoms with Crippen LogP contribution in [0.15, 0.2) is 108 Å². The molecule has 1 fully saturated rings. The zero-order chi connectivity index (χ0) is 27.9. The molecule has 7 rings (SSSR count). The van der Waals surface area contributed by atoms with Crippen molar-refractivity contribution in [3.8, 4) is 28.5 Å². The lowest BCUT2D eigenvalue weighted by Gasteiger charge is -2.29. The quantitative estimate of drug-likeness (QED) is 0.212. The fraction of sp³-hybridized carbons (Fsp3) is 0.211. The molecule has 0 bridgehead atoms. The summed E-state index contributed by atoms with van der Waals surface area (Å²) in [5, 5.41) is 12.4. The number of pyridine rings is 1. The summed E-state index contributed by atoms with van der Waals surface area (Å²) < 4.78 is 9.07. The van der Waals surface area contributed by atoms with E-state index in [-0.39, 0.29) is 0 Å². The van der Waals surface area contributed by atoms with Gasteiger partial charge in [-0.25, -0.2) is 4.57 Å². The molecule has 0 unspecified atom stereocenters. The first-order chi connectivity index (χ1) is 20.1. The molecule has 2 heterocycles. The Morgan fingerprint density at radius 2 is 1.39 bits per heavy atom. The molecule has 1 aliphatic carbocycles. The molecule has 6 aromatic rings. The highest BCUT2D eigenvalue weighted by molar-refractivity contribution is 6.11. The lowest BCUT2D eigenvalue weighted by molar-refractivity contribution is -0.660. The molecule has 3 heteroatoms. The zero-order valence-corrected chi connectivity index (χ0v) is 23.6. The summed E-state index contributed by atoms with van der Waals surface area (Å²) in [5.41, 5.74) is 10.8. The van der Waals surface area contributed by atoms with E-state index in [1.54, 1.807) is 0 Å². The maximum atomic E-state index is 10.2. The Morgan fingerprint density at radius 3 is 2.12 bits per heavy atom. The van der Waals surface area contributed by atoms with Crippen LogP contribution in [0.1, 0.15) is 59.8 Å². The monoisotopic (exact) mass is 533 g/mol. The Balaban J connectivity index is 1.36. The van der Waals surface area contributed by atoms with Crippen LogP contribution in [0, 0.1) is 18.3 Å². The van der Waals surface area contributed by atoms with Gasteiger partial charge >= 0.3 is 0 Å². The minimum atomic E-state index is 0.316. The molecule has 1 saturated carbocycles. The third kappa shape index (κ3) is 4.41. The molecule has 200 valence electrons. The number of hydrogen-bond donors (Lipinski definition) is 0. The molecule has 1 aliphatic rings. The van der Waals surface area contributed by atoms with E-state index >= 15 is 0 Å². The molecule has 0 radical (unpaired) electrons. The second-order valence-corrected chi connectivity index (χ2v) is 11.5. The smallest absolute Gasteiger partial charge is 0.216 e. The van der Waals surface area contributed by atoms with Crippen LogP contribution in [0.2, 0.25) is 0 Å². The molecule has 41 heavy (non-hydrogen) atoms. The predicted molar refractivity (Wildman–Crippen MR) is 166 cm³/mol. The first kappa shape index (κ1) is 25.3. The lowest BCUT2D eigenvalue weighted by atomic mass is 9.75. The van der Waals surface area contributed by atoms with E-state index in [2.05, 4.69) is 116 Å². The van der Waals surface area contributed by atoms with Gasteiger partial charge in [-0.05, 0) is 78.8 Å². The lowest BCUT2D eigenvalue weighted by Crippen LogP contribution is -2.30. The largest absolute Gasteiger partial charge is 0.455 e. The van der Waals surface area contributed by atoms with E-state index in [1.165, 1.54) is 22.3 Å². The van der Waals surface area contributed by atoms with Crippen molar-refractivity contribution in [3.05, 3.63) is 126 Å². The minimum absolute atomic E-state index is 0.316. The van der Waals surface area contributed by atoms with E-state index in [0.717, 1.165) is 70.0 Å². The van der Waals surface area contributed by atoms with Crippen LogP contribution < -0.4 is 4.57 Å². The van der Waals surface area contributed by atoms with E-state index < -0.39 is 0 Å². The van der Waals surface area contributed by atoms with Gasteiger partial charge in [0.05, 0.1) is 17.2 Å². The summed E-state index contributed by atoms with van der Waals surface area (Å²) in [6.45, 7) is 2.16. The summed E-state index contributed by atoms with van der Waals surface area (Å²) >= 11 is 0. The average Bonchev–Trinajstić information content (AvgIpc) is 3.40. The Kier molecular flexibility index (Phi) is 6.40. The first-order valence-electron chi connectivity index (χ1n) is 14.6. The van der Waals surface area contributed by atoms with Gasteiger partial charge in [0.2, 0.25) is 5.69 Å². The van der Waals surface area contributed by atoms with E-state index in [1.807, 2.05) is 12.1 Å². The molecule has 0 spiro atoms. The summed E-state index contributed by atoms with van der Waals surface area (Å²) in [6.07, 6.45) is 6.50. The number of aryl methyl sites for hydroxylation is 2. The average molecular weight is 534 g/mol. The van der Waals surface area contributed by atoms with E-state index in [4.69, 9.17) is 4.42 Å². The first-order valence-corrected chi connectivity index (χ1v) is 14.6. The van der Waals surface area contributed by atoms with Crippen LogP contribution in [0.25, 0.3) is 44.3 Å². The van der Waals surface area contributed by atoms with Crippen LogP contribution in [-0.4, -0.2) is 0 Å². The molecule has 0 saturated heterocycles. The molecule has 0 atom stereocenters. The fourth-order valence-electron chi connectivity index (χ4n) is 6.91. The standard InChI is InChI=1S/C38H33N2O/c1-25-13-19-32-33-20-18-31(24-39)36(29-16-14-28(15-17-29)26-9-5-3-6-10-26)38(33)41-37(32)35(25)34-23-30(21-22-40(34)2)27-11-7-4-8-12-27/h3-13,18-23,28-29H,14-17H2,1-2H3/q+1. The maximum Gasteiger partial charge on any atom is 0.216 e. The van der Waals surface area contributed by atoms with Gasteiger partial charge in [0.1, 0.15) is 18.2 Å². The third-order valence-electron chi connectivity index (χ3n) is 9.10. The molecule has 0 aliphatic heterocycles. The highest BCUT2D eigenvalue weighted by atomic mass is 16.3. The second-order valence-electron chi connectivity index (χ2n) is 11.5. The van der Waals surface area contributed by atoms with Gasteiger partial charge in [0.15, 0.2) is 6.20 Å². The summed E-state index contributed by atoms with van der Waals surface area (Å²) in [5.74, 6) is 0.898. The van der Waals surface area contributed by atoms with Crippen molar-refractivity contribution in [2.75, 3.05) is 0 Å². The number of nitriles is 1. The molecular weight excluding hydrogens is 500 g/mol. The predicted octanol–water partition coefficient (Wildman–Crippen LogP) is 9.37. The van der Waals surface area contributed by atoms with Crippen LogP contribution in [-0.2, 0) is 7.05 Å². The van der Waals surface area contributed by atoms with E-state index in [9.17, 15) is 5.26 Å². The van der Waals surface area contributed by atoms with Crippen molar-refractivity contribution >= 4 is 21.9 Å². The highest BCUT2D eigenvalue weighted by Gasteiger charge is 2.29. The van der Waals surface area contributed by atoms with Gasteiger partial charge < -0.3 is 4.42 Å². The SMILES string of the molecule is Cc1ccc2c(oc3c(C4CCC(c5ccccc5)CC4)c(C#N)ccc32)c1-c1cc(-c2ccccc2)cc[n+]1C. The van der Waals surface area contributed by atoms with E-state index in [0.29, 0.717) is 11.8 Å². The summed E-state index contributed by atoms with van der Waals surface area (Å²) in [6, 6.07) is 36.8. The molecular formula is C38H33N2O+. The third-order valence-corrected chi connectivity index (χ3v) is 9.10. The second kappa shape index (κ2) is 10.4. The normalized spacial score (nSPS) is 17.1. The van der Waals surface area contributed by atoms with Crippen molar-refractivity contribution in [1.82, 2.24) is 0 Å². The fourth-order valence-corrected chi connectivity index (χ4v) is 6.91. The minimum Gasteiger partial charge on any atom is -0.455 e. The molecule has 0 N–H and O–H groups in total. The van der Waals surface area contributed by atoms with Crippen molar-refractivity contribution in [3.63, 3.8) is 0 Å². The van der Waals surface area contributed by atoms with Gasteiger partial charge in [0.25, 0.3) is 0 Å². The van der Waals surface area contributed by atoms with Gasteiger partial charge in [-0.2, -0.15) is 5.26 Å². The number of furan rings is 1. The van der Waals surface area contributed by atoms with Crippen LogP contribution >= 0.6 is 0 Å². The molecule has 4 aromatic carbocycles. The van der Waals surface area contributed by atoms with Crippen LogP contribution in [0.3, 0.4) is 0 Å². The number of rotatable bonds is 4. The Hall–Kier alpha value is -4.68. The molecule has 2 aromatic heterocycles. The van der Waals surface area contributed by atoms with Crippen LogP contribution in [0.5, 0.6) is 0 Å². The maximum absolute atomic E-state index is 10.2. The topological polar surface area (TPSA) is 40.8 Å². The summed E-state index contributed by atoms with van der Waals surface area (Å²) in [4.78, 5) is 0. The zero-order valence-electron chi connectivity index (χ0n) is 23.6. The Bertz CT molecular complexity index is 1920. The van der Waals surface area contributed by atoms with Gasteiger partial charge in [0, 0.05) is 28.5 Å². The van der Waals surface area contributed by atoms with Crippen molar-refractivity contribution < 1.29 is 8.98 Å². The number of hydrogen-bond acceptors (Lipinski definition) is 2. The highest BCUT2D eigenvalue weighted by Crippen LogP contribution is 2.46. The number of aromatic nitrogens is 1. The molecule has 3 nitrogen and oxygen atoms in total. The summed E-state index contributed by atoms with van der Waals surface area (Å²) in [7, 11) is 2.09. The van der Waals surface area contributed by atoms with Gasteiger partial charge in [-0.1, -0.05) is 72.8 Å². The Morgan fingerprint density at radius 1 is 0.732 bits per heavy atom. The molecule has 0 amide bonds. The van der Waals surface area contributed by atoms with Gasteiger partial charge in [-0.3, -0.25) is 0 Å². The number of fused-ring (bicyclic) bond motifs is 3. The Labute approximate surface area is 241 Å². The number of nitrogens with zero attached hydrogens (tertiary/aromatic N) is 2. The van der Waals surface area contributed by atoms with Crippen molar-refractivity contribution in [2.24, 2.45) is 7.05 Å². The van der Waals surface area contributed by atoms with Crippen molar-refractivity contribution in [2.45, 2.75) is 44.4 Å². The van der Waals surface area contributed by atoms with Crippen molar-refractivity contribution in [1.29, 1.82) is 5.26 Å². The van der Waals surface area contributed by atoms with Crippen LogP contribution in [0.4, 0.5) is 0 Å². The number of benzene rings is 4. The van der Waals surface area contributed by atoms with Gasteiger partial charge in [-0.15, -0.1) is 0 Å².